The monoisotopic (exact) mass is 514 g/mol. The Morgan fingerprint density at radius 2 is 1.88 bits per heavy atom. The molecule has 0 radical (unpaired) electrons. The van der Waals surface area contributed by atoms with Crippen LogP contribution >= 0.6 is 27.5 Å². The number of rotatable bonds is 4. The maximum absolute atomic E-state index is 12.9. The lowest BCUT2D eigenvalue weighted by Gasteiger charge is -2.26. The lowest BCUT2D eigenvalue weighted by atomic mass is 10.1. The first kappa shape index (κ1) is 21.5. The van der Waals surface area contributed by atoms with Gasteiger partial charge in [-0.1, -0.05) is 33.6 Å². The Bertz CT molecular complexity index is 1330. The average molecular weight is 516 g/mol. The number of anilines is 1. The van der Waals surface area contributed by atoms with Gasteiger partial charge in [0.05, 0.1) is 16.3 Å². The summed E-state index contributed by atoms with van der Waals surface area (Å²) in [4.78, 5) is 49.6. The van der Waals surface area contributed by atoms with Gasteiger partial charge < -0.3 is 9.52 Å². The number of nitrogens with zero attached hydrogens (tertiary/aromatic N) is 1. The number of furan rings is 1. The van der Waals surface area contributed by atoms with E-state index in [0.717, 1.165) is 4.90 Å². The van der Waals surface area contributed by atoms with Crippen LogP contribution in [0, 0.1) is 0 Å². The molecule has 1 aliphatic rings. The SMILES string of the molecule is O=C1NC(=O)N(c2cccc(Br)c2)C(=O)/C1=C/c1ccc(-c2cc(C(=O)O)ccc2Cl)o1. The largest absolute Gasteiger partial charge is 0.478 e. The quantitative estimate of drug-likeness (QED) is 0.383. The van der Waals surface area contributed by atoms with Crippen LogP contribution < -0.4 is 10.2 Å². The number of carbonyl (C=O) groups is 4. The van der Waals surface area contributed by atoms with Gasteiger partial charge in [0.25, 0.3) is 11.8 Å². The molecule has 0 spiro atoms. The van der Waals surface area contributed by atoms with Crippen molar-refractivity contribution in [2.45, 2.75) is 0 Å². The zero-order valence-electron chi connectivity index (χ0n) is 16.0. The van der Waals surface area contributed by atoms with Crippen molar-refractivity contribution in [2.75, 3.05) is 4.90 Å². The fourth-order valence-corrected chi connectivity index (χ4v) is 3.67. The van der Waals surface area contributed by atoms with E-state index in [2.05, 4.69) is 21.2 Å². The first-order valence-corrected chi connectivity index (χ1v) is 10.2. The molecule has 32 heavy (non-hydrogen) atoms. The molecular weight excluding hydrogens is 504 g/mol. The number of benzene rings is 2. The Morgan fingerprint density at radius 1 is 1.09 bits per heavy atom. The van der Waals surface area contributed by atoms with Gasteiger partial charge in [-0.3, -0.25) is 14.9 Å². The zero-order valence-corrected chi connectivity index (χ0v) is 18.3. The smallest absolute Gasteiger partial charge is 0.335 e. The third-order valence-corrected chi connectivity index (χ3v) is 5.38. The number of nitrogens with one attached hydrogen (secondary N) is 1. The first-order valence-electron chi connectivity index (χ1n) is 9.04. The molecule has 160 valence electrons. The van der Waals surface area contributed by atoms with Crippen molar-refractivity contribution in [3.05, 3.63) is 81.0 Å². The first-order chi connectivity index (χ1) is 15.2. The second kappa shape index (κ2) is 8.45. The minimum absolute atomic E-state index is 0.0192. The number of imide groups is 2. The summed E-state index contributed by atoms with van der Waals surface area (Å²) in [7, 11) is 0. The summed E-state index contributed by atoms with van der Waals surface area (Å²) in [6, 6.07) is 12.8. The van der Waals surface area contributed by atoms with Crippen LogP contribution in [-0.4, -0.2) is 28.9 Å². The van der Waals surface area contributed by atoms with Crippen LogP contribution in [0.25, 0.3) is 17.4 Å². The summed E-state index contributed by atoms with van der Waals surface area (Å²) >= 11 is 9.44. The standard InChI is InChI=1S/C22H12BrClN2O6/c23-12-2-1-3-13(9-12)26-20(28)16(19(27)25-22(26)31)10-14-5-7-18(32-14)15-8-11(21(29)30)4-6-17(15)24/h1-10H,(H,29,30)(H,25,27,31)/b16-10+. The molecule has 1 aliphatic heterocycles. The number of urea groups is 1. The van der Waals surface area contributed by atoms with Crippen LogP contribution in [0.2, 0.25) is 5.02 Å². The highest BCUT2D eigenvalue weighted by molar-refractivity contribution is 9.10. The van der Waals surface area contributed by atoms with Crippen molar-refractivity contribution in [3.8, 4) is 11.3 Å². The molecule has 1 saturated heterocycles. The van der Waals surface area contributed by atoms with Gasteiger partial charge in [0.15, 0.2) is 0 Å². The number of carbonyl (C=O) groups excluding carboxylic acids is 3. The van der Waals surface area contributed by atoms with Crippen LogP contribution in [0.3, 0.4) is 0 Å². The molecule has 0 unspecified atom stereocenters. The van der Waals surface area contributed by atoms with E-state index in [1.807, 2.05) is 0 Å². The molecule has 2 heterocycles. The molecule has 1 aromatic heterocycles. The maximum atomic E-state index is 12.9. The minimum Gasteiger partial charge on any atom is -0.478 e. The van der Waals surface area contributed by atoms with Crippen molar-refractivity contribution in [1.29, 1.82) is 0 Å². The van der Waals surface area contributed by atoms with Crippen LogP contribution in [0.1, 0.15) is 16.1 Å². The minimum atomic E-state index is -1.13. The highest BCUT2D eigenvalue weighted by Gasteiger charge is 2.37. The summed E-state index contributed by atoms with van der Waals surface area (Å²) in [6.07, 6.45) is 1.20. The van der Waals surface area contributed by atoms with Crippen molar-refractivity contribution in [1.82, 2.24) is 5.32 Å². The van der Waals surface area contributed by atoms with E-state index >= 15 is 0 Å². The van der Waals surface area contributed by atoms with Gasteiger partial charge in [0, 0.05) is 10.0 Å². The van der Waals surface area contributed by atoms with Crippen molar-refractivity contribution >= 4 is 63.1 Å². The fourth-order valence-electron chi connectivity index (χ4n) is 3.07. The predicted octanol–water partition coefficient (Wildman–Crippen LogP) is 4.73. The topological polar surface area (TPSA) is 117 Å². The van der Waals surface area contributed by atoms with Gasteiger partial charge in [0.2, 0.25) is 0 Å². The molecular formula is C22H12BrClN2O6. The number of carboxylic acid groups (broad SMARTS) is 1. The molecule has 0 saturated carbocycles. The number of hydrogen-bond donors (Lipinski definition) is 2. The van der Waals surface area contributed by atoms with Gasteiger partial charge in [-0.15, -0.1) is 0 Å². The summed E-state index contributed by atoms with van der Waals surface area (Å²) in [6.45, 7) is 0. The fraction of sp³-hybridized carbons (Fsp3) is 0. The lowest BCUT2D eigenvalue weighted by molar-refractivity contribution is -0.122. The Kier molecular flexibility index (Phi) is 5.68. The third-order valence-electron chi connectivity index (χ3n) is 4.56. The summed E-state index contributed by atoms with van der Waals surface area (Å²) in [5.74, 6) is -2.43. The predicted molar refractivity (Wildman–Crippen MR) is 119 cm³/mol. The molecule has 0 atom stereocenters. The average Bonchev–Trinajstić information content (AvgIpc) is 3.19. The number of carboxylic acids is 1. The van der Waals surface area contributed by atoms with Crippen molar-refractivity contribution in [3.63, 3.8) is 0 Å². The number of amides is 4. The summed E-state index contributed by atoms with van der Waals surface area (Å²) in [5.41, 5.74) is 0.320. The van der Waals surface area contributed by atoms with E-state index in [1.165, 1.54) is 36.4 Å². The molecule has 4 amide bonds. The Balaban J connectivity index is 1.70. The van der Waals surface area contributed by atoms with E-state index in [0.29, 0.717) is 10.0 Å². The van der Waals surface area contributed by atoms with Crippen molar-refractivity contribution in [2.24, 2.45) is 0 Å². The van der Waals surface area contributed by atoms with E-state index in [-0.39, 0.29) is 33.4 Å². The van der Waals surface area contributed by atoms with Gasteiger partial charge in [-0.2, -0.15) is 0 Å². The molecule has 2 N–H and O–H groups in total. The Hall–Kier alpha value is -3.69. The molecule has 1 fully saturated rings. The number of halogens is 2. The molecule has 3 aromatic rings. The van der Waals surface area contributed by atoms with Crippen LogP contribution in [0.4, 0.5) is 10.5 Å². The Morgan fingerprint density at radius 3 is 2.59 bits per heavy atom. The number of hydrogen-bond acceptors (Lipinski definition) is 5. The van der Waals surface area contributed by atoms with Crippen molar-refractivity contribution < 1.29 is 28.7 Å². The zero-order chi connectivity index (χ0) is 23.0. The normalized spacial score (nSPS) is 15.2. The van der Waals surface area contributed by atoms with Crippen LogP contribution in [0.15, 0.2) is 69.1 Å². The van der Waals surface area contributed by atoms with Gasteiger partial charge >= 0.3 is 12.0 Å². The van der Waals surface area contributed by atoms with E-state index in [1.54, 1.807) is 24.3 Å². The molecule has 0 bridgehead atoms. The maximum Gasteiger partial charge on any atom is 0.335 e. The van der Waals surface area contributed by atoms with E-state index in [4.69, 9.17) is 16.0 Å². The number of aromatic carboxylic acids is 1. The molecule has 10 heteroatoms. The van der Waals surface area contributed by atoms with Crippen LogP contribution in [-0.2, 0) is 9.59 Å². The van der Waals surface area contributed by atoms with E-state index < -0.39 is 23.8 Å². The van der Waals surface area contributed by atoms with Gasteiger partial charge in [-0.25, -0.2) is 14.5 Å². The highest BCUT2D eigenvalue weighted by atomic mass is 79.9. The lowest BCUT2D eigenvalue weighted by Crippen LogP contribution is -2.54. The Labute approximate surface area is 194 Å². The van der Waals surface area contributed by atoms with E-state index in [9.17, 15) is 24.3 Å². The summed E-state index contributed by atoms with van der Waals surface area (Å²) in [5, 5.41) is 11.6. The number of barbiturate groups is 1. The van der Waals surface area contributed by atoms with Crippen LogP contribution in [0.5, 0.6) is 0 Å². The summed E-state index contributed by atoms with van der Waals surface area (Å²) < 4.78 is 6.32. The highest BCUT2D eigenvalue weighted by Crippen LogP contribution is 2.32. The van der Waals surface area contributed by atoms with Gasteiger partial charge in [-0.05, 0) is 54.6 Å². The molecule has 0 aliphatic carbocycles. The second-order valence-electron chi connectivity index (χ2n) is 6.64. The molecule has 2 aromatic carbocycles. The third kappa shape index (κ3) is 4.08. The molecule has 8 nitrogen and oxygen atoms in total. The van der Waals surface area contributed by atoms with Gasteiger partial charge in [0.1, 0.15) is 17.1 Å². The second-order valence-corrected chi connectivity index (χ2v) is 7.96. The molecule has 4 rings (SSSR count).